The average molecular weight is 785 g/mol. The number of hydrogen-bond acceptors (Lipinski definition) is 6. The molecule has 3 atom stereocenters. The largest absolute Gasteiger partial charge is 0.756 e. The third-order valence-electron chi connectivity index (χ3n) is 10.2. The first-order chi connectivity index (χ1) is 26.0. The van der Waals surface area contributed by atoms with Crippen molar-refractivity contribution in [3.63, 3.8) is 0 Å². The zero-order valence-corrected chi connectivity index (χ0v) is 37.1. The van der Waals surface area contributed by atoms with Crippen LogP contribution >= 0.6 is 7.82 Å². The van der Waals surface area contributed by atoms with Crippen LogP contribution in [0.15, 0.2) is 24.3 Å². The molecule has 0 saturated carbocycles. The maximum Gasteiger partial charge on any atom is 0.268 e. The first-order valence-corrected chi connectivity index (χ1v) is 24.2. The fourth-order valence-electron chi connectivity index (χ4n) is 6.50. The maximum atomic E-state index is 12.8. The lowest BCUT2D eigenvalue weighted by Crippen LogP contribution is -2.45. The molecular formula is C45H89N2O6P. The third kappa shape index (κ3) is 39.2. The Balaban J connectivity index is 4.20. The van der Waals surface area contributed by atoms with Crippen molar-refractivity contribution in [1.82, 2.24) is 5.32 Å². The van der Waals surface area contributed by atoms with Gasteiger partial charge in [0.05, 0.1) is 39.9 Å². The van der Waals surface area contributed by atoms with Gasteiger partial charge in [0.15, 0.2) is 0 Å². The Hall–Kier alpha value is -1.02. The number of phosphoric acid groups is 1. The molecule has 0 aromatic rings. The van der Waals surface area contributed by atoms with E-state index in [-0.39, 0.29) is 19.1 Å². The summed E-state index contributed by atoms with van der Waals surface area (Å²) in [5.41, 5.74) is 0. The second-order valence-corrected chi connectivity index (χ2v) is 18.2. The Morgan fingerprint density at radius 3 is 1.44 bits per heavy atom. The lowest BCUT2D eigenvalue weighted by Gasteiger charge is -2.29. The topological polar surface area (TPSA) is 108 Å². The third-order valence-corrected chi connectivity index (χ3v) is 11.1. The van der Waals surface area contributed by atoms with E-state index in [1.807, 2.05) is 27.2 Å². The fraction of sp³-hybridized carbons (Fsp3) is 0.889. The number of unbranched alkanes of at least 4 members (excludes halogenated alkanes) is 26. The molecule has 0 fully saturated rings. The number of carbonyl (C=O) groups is 1. The zero-order valence-electron chi connectivity index (χ0n) is 36.2. The molecule has 0 aromatic carbocycles. The van der Waals surface area contributed by atoms with Gasteiger partial charge in [-0.2, -0.15) is 0 Å². The van der Waals surface area contributed by atoms with Gasteiger partial charge in [0.2, 0.25) is 5.91 Å². The summed E-state index contributed by atoms with van der Waals surface area (Å²) in [5, 5.41) is 13.7. The van der Waals surface area contributed by atoms with Gasteiger partial charge in [-0.05, 0) is 44.9 Å². The van der Waals surface area contributed by atoms with Crippen molar-refractivity contribution in [3.8, 4) is 0 Å². The summed E-state index contributed by atoms with van der Waals surface area (Å²) in [5.74, 6) is -0.204. The Labute approximate surface area is 334 Å². The SMILES string of the molecule is CCCCCCCCC/C=C/C(O)C(COP(=O)([O-])OCC[N+](C)(C)C)NC(=O)CCCCCCCCC/C=C\CCCCCCCCCCCCCC. The minimum absolute atomic E-state index is 0.00120. The number of rotatable bonds is 41. The van der Waals surface area contributed by atoms with Crippen LogP contribution in [-0.4, -0.2) is 68.5 Å². The second-order valence-electron chi connectivity index (χ2n) is 16.8. The van der Waals surface area contributed by atoms with Crippen LogP contribution in [0, 0.1) is 0 Å². The van der Waals surface area contributed by atoms with E-state index in [0.29, 0.717) is 17.4 Å². The predicted molar refractivity (Wildman–Crippen MR) is 228 cm³/mol. The van der Waals surface area contributed by atoms with Crippen molar-refractivity contribution >= 4 is 13.7 Å². The molecule has 0 spiro atoms. The number of likely N-dealkylation sites (N-methyl/N-ethyl adjacent to an activating group) is 1. The smallest absolute Gasteiger partial charge is 0.268 e. The van der Waals surface area contributed by atoms with Crippen molar-refractivity contribution in [1.29, 1.82) is 0 Å². The molecule has 0 heterocycles. The molecule has 2 N–H and O–H groups in total. The van der Waals surface area contributed by atoms with Gasteiger partial charge in [0.25, 0.3) is 7.82 Å². The zero-order chi connectivity index (χ0) is 40.0. The normalized spacial score (nSPS) is 14.6. The van der Waals surface area contributed by atoms with Gasteiger partial charge in [-0.3, -0.25) is 9.36 Å². The summed E-state index contributed by atoms with van der Waals surface area (Å²) >= 11 is 0. The molecule has 54 heavy (non-hydrogen) atoms. The van der Waals surface area contributed by atoms with Crippen LogP contribution in [0.3, 0.4) is 0 Å². The number of hydrogen-bond donors (Lipinski definition) is 2. The van der Waals surface area contributed by atoms with Gasteiger partial charge in [-0.1, -0.05) is 179 Å². The van der Waals surface area contributed by atoms with E-state index in [9.17, 15) is 19.4 Å². The molecular weight excluding hydrogens is 695 g/mol. The molecule has 8 nitrogen and oxygen atoms in total. The number of nitrogens with zero attached hydrogens (tertiary/aromatic N) is 1. The lowest BCUT2D eigenvalue weighted by molar-refractivity contribution is -0.870. The van der Waals surface area contributed by atoms with E-state index in [4.69, 9.17) is 9.05 Å². The number of amides is 1. The molecule has 3 unspecified atom stereocenters. The van der Waals surface area contributed by atoms with Crippen molar-refractivity contribution in [2.45, 2.75) is 219 Å². The monoisotopic (exact) mass is 785 g/mol. The highest BCUT2D eigenvalue weighted by atomic mass is 31.2. The van der Waals surface area contributed by atoms with E-state index < -0.39 is 20.0 Å². The summed E-state index contributed by atoms with van der Waals surface area (Å²) < 4.78 is 23.1. The number of allylic oxidation sites excluding steroid dienone is 3. The van der Waals surface area contributed by atoms with Gasteiger partial charge in [-0.15, -0.1) is 0 Å². The quantitative estimate of drug-likeness (QED) is 0.0277. The summed E-state index contributed by atoms with van der Waals surface area (Å²) in [6, 6.07) is -0.884. The van der Waals surface area contributed by atoms with Gasteiger partial charge < -0.3 is 28.8 Å². The average Bonchev–Trinajstić information content (AvgIpc) is 3.12. The molecule has 0 aliphatic carbocycles. The maximum absolute atomic E-state index is 12.8. The van der Waals surface area contributed by atoms with E-state index in [1.165, 1.54) is 148 Å². The van der Waals surface area contributed by atoms with Crippen molar-refractivity contribution in [3.05, 3.63) is 24.3 Å². The molecule has 0 aromatic heterocycles. The Morgan fingerprint density at radius 1 is 0.630 bits per heavy atom. The first kappa shape index (κ1) is 53.0. The van der Waals surface area contributed by atoms with Crippen LogP contribution in [-0.2, 0) is 18.4 Å². The summed E-state index contributed by atoms with van der Waals surface area (Å²) in [6.07, 6.45) is 43.8. The number of quaternary nitrogens is 1. The lowest BCUT2D eigenvalue weighted by atomic mass is 10.0. The highest BCUT2D eigenvalue weighted by Crippen LogP contribution is 2.38. The van der Waals surface area contributed by atoms with Crippen molar-refractivity contribution in [2.24, 2.45) is 0 Å². The molecule has 1 amide bonds. The van der Waals surface area contributed by atoms with Crippen molar-refractivity contribution in [2.75, 3.05) is 40.9 Å². The van der Waals surface area contributed by atoms with Crippen LogP contribution in [0.1, 0.15) is 206 Å². The molecule has 9 heteroatoms. The minimum atomic E-state index is -4.58. The van der Waals surface area contributed by atoms with E-state index in [0.717, 1.165) is 38.5 Å². The van der Waals surface area contributed by atoms with Crippen LogP contribution in [0.2, 0.25) is 0 Å². The van der Waals surface area contributed by atoms with Crippen LogP contribution in [0.25, 0.3) is 0 Å². The fourth-order valence-corrected chi connectivity index (χ4v) is 7.22. The molecule has 0 aliphatic rings. The van der Waals surface area contributed by atoms with Gasteiger partial charge in [0, 0.05) is 6.42 Å². The van der Waals surface area contributed by atoms with Gasteiger partial charge in [-0.25, -0.2) is 0 Å². The summed E-state index contributed by atoms with van der Waals surface area (Å²) in [6.45, 7) is 4.61. The summed E-state index contributed by atoms with van der Waals surface area (Å²) in [4.78, 5) is 25.2. The number of carbonyl (C=O) groups excluding carboxylic acids is 1. The Kier molecular flexibility index (Phi) is 36.8. The highest BCUT2D eigenvalue weighted by molar-refractivity contribution is 7.45. The molecule has 0 radical (unpaired) electrons. The van der Waals surface area contributed by atoms with Gasteiger partial charge in [0.1, 0.15) is 13.2 Å². The Morgan fingerprint density at radius 2 is 1.02 bits per heavy atom. The summed E-state index contributed by atoms with van der Waals surface area (Å²) in [7, 11) is 1.26. The number of aliphatic hydroxyl groups is 1. The van der Waals surface area contributed by atoms with E-state index in [2.05, 4.69) is 31.3 Å². The van der Waals surface area contributed by atoms with Crippen LogP contribution in [0.4, 0.5) is 0 Å². The predicted octanol–water partition coefficient (Wildman–Crippen LogP) is 11.9. The first-order valence-electron chi connectivity index (χ1n) is 22.7. The van der Waals surface area contributed by atoms with E-state index >= 15 is 0 Å². The Bertz CT molecular complexity index is 938. The van der Waals surface area contributed by atoms with E-state index in [1.54, 1.807) is 6.08 Å². The molecule has 0 saturated heterocycles. The standard InChI is InChI=1S/C45H89N2O6P/c1-6-8-10-12-14-16-17-18-19-20-21-22-23-24-25-26-27-28-29-31-33-35-37-39-45(49)46-43(42-53-54(50,51)52-41-40-47(3,4)5)44(48)38-36-34-32-30-15-13-11-9-7-2/h24-25,36,38,43-44,48H,6-23,26-35,37,39-42H2,1-5H3,(H-,46,49,50,51)/b25-24-,38-36+. The van der Waals surface area contributed by atoms with Gasteiger partial charge >= 0.3 is 0 Å². The molecule has 0 aliphatic heterocycles. The second kappa shape index (κ2) is 37.6. The highest BCUT2D eigenvalue weighted by Gasteiger charge is 2.23. The molecule has 0 bridgehead atoms. The van der Waals surface area contributed by atoms with Crippen LogP contribution in [0.5, 0.6) is 0 Å². The minimum Gasteiger partial charge on any atom is -0.756 e. The van der Waals surface area contributed by atoms with Crippen LogP contribution < -0.4 is 10.2 Å². The number of phosphoric ester groups is 1. The van der Waals surface area contributed by atoms with Crippen molar-refractivity contribution < 1.29 is 32.9 Å². The number of nitrogens with one attached hydrogen (secondary N) is 1. The molecule has 0 rings (SSSR count). The molecule has 320 valence electrons. The number of aliphatic hydroxyl groups excluding tert-OH is 1.